The van der Waals surface area contributed by atoms with Gasteiger partial charge in [0.2, 0.25) is 0 Å². The predicted octanol–water partition coefficient (Wildman–Crippen LogP) is 1.15. The van der Waals surface area contributed by atoms with Crippen molar-refractivity contribution in [1.82, 2.24) is 4.68 Å². The molecule has 1 aromatic heterocycles. The van der Waals surface area contributed by atoms with Gasteiger partial charge in [0.15, 0.2) is 0 Å². The van der Waals surface area contributed by atoms with Crippen molar-refractivity contribution in [2.75, 3.05) is 5.34 Å². The molecule has 1 rings (SSSR count). The standard InChI is InChI=1S/C6H4BBrN3O/c1-9-6-2-5(8)3-11(6)10-7-4-12/h2-4,10H. The minimum Gasteiger partial charge on any atom is -0.362 e. The molecule has 59 valence electrons. The molecule has 0 aliphatic heterocycles. The van der Waals surface area contributed by atoms with Crippen molar-refractivity contribution in [2.24, 2.45) is 0 Å². The van der Waals surface area contributed by atoms with Gasteiger partial charge >= 0.3 is 7.41 Å². The molecule has 6 heteroatoms. The number of halogens is 1. The minimum absolute atomic E-state index is 0.417. The van der Waals surface area contributed by atoms with Crippen LogP contribution in [0.25, 0.3) is 4.85 Å². The van der Waals surface area contributed by atoms with E-state index in [-0.39, 0.29) is 0 Å². The molecule has 0 aliphatic rings. The SMILES string of the molecule is [C-]#[N+]c1cc(Br)cn1N[B]C=O. The molecule has 12 heavy (non-hydrogen) atoms. The number of nitrogens with zero attached hydrogens (tertiary/aromatic N) is 2. The number of aromatic nitrogens is 1. The van der Waals surface area contributed by atoms with Crippen LogP contribution >= 0.6 is 15.9 Å². The maximum atomic E-state index is 9.96. The Morgan fingerprint density at radius 2 is 2.58 bits per heavy atom. The molecule has 0 aliphatic carbocycles. The van der Waals surface area contributed by atoms with Crippen LogP contribution in [0.2, 0.25) is 0 Å². The van der Waals surface area contributed by atoms with Crippen LogP contribution in [0.5, 0.6) is 0 Å². The minimum atomic E-state index is 0.417. The summed E-state index contributed by atoms with van der Waals surface area (Å²) in [7, 11) is 1.21. The van der Waals surface area contributed by atoms with Gasteiger partial charge in [-0.1, -0.05) is 6.57 Å². The average molecular weight is 225 g/mol. The first-order valence-electron chi connectivity index (χ1n) is 3.07. The number of hydrogen-bond acceptors (Lipinski definition) is 2. The molecule has 0 fully saturated rings. The summed E-state index contributed by atoms with van der Waals surface area (Å²) in [5.41, 5.74) is 0. The van der Waals surface area contributed by atoms with Crippen LogP contribution in [0.3, 0.4) is 0 Å². The lowest BCUT2D eigenvalue weighted by Crippen LogP contribution is -2.18. The largest absolute Gasteiger partial charge is 0.370 e. The molecule has 0 unspecified atom stereocenters. The highest BCUT2D eigenvalue weighted by molar-refractivity contribution is 9.10. The summed E-state index contributed by atoms with van der Waals surface area (Å²) in [6, 6.07) is 1.65. The van der Waals surface area contributed by atoms with E-state index in [1.807, 2.05) is 0 Å². The Hall–Kier alpha value is -1.22. The molecule has 1 radical (unpaired) electrons. The van der Waals surface area contributed by atoms with Gasteiger partial charge in [-0.05, 0) is 22.0 Å². The van der Waals surface area contributed by atoms with Crippen molar-refractivity contribution in [3.8, 4) is 0 Å². The van der Waals surface area contributed by atoms with Crippen LogP contribution in [-0.4, -0.2) is 18.3 Å². The zero-order valence-corrected chi connectivity index (χ0v) is 7.58. The van der Waals surface area contributed by atoms with Crippen molar-refractivity contribution in [3.05, 3.63) is 28.2 Å². The van der Waals surface area contributed by atoms with Crippen molar-refractivity contribution >= 4 is 35.3 Å². The van der Waals surface area contributed by atoms with Crippen LogP contribution < -0.4 is 5.34 Å². The third-order valence-corrected chi connectivity index (χ3v) is 1.60. The van der Waals surface area contributed by atoms with Gasteiger partial charge in [0, 0.05) is 4.47 Å². The lowest BCUT2D eigenvalue weighted by atomic mass is 10.0. The first-order valence-corrected chi connectivity index (χ1v) is 3.86. The summed E-state index contributed by atoms with van der Waals surface area (Å²) in [5, 5.41) is 2.61. The van der Waals surface area contributed by atoms with E-state index in [0.717, 1.165) is 4.47 Å². The molecule has 0 saturated carbocycles. The van der Waals surface area contributed by atoms with E-state index in [0.29, 0.717) is 12.0 Å². The molecule has 0 spiro atoms. The van der Waals surface area contributed by atoms with E-state index in [1.54, 1.807) is 12.3 Å². The second kappa shape index (κ2) is 3.97. The van der Waals surface area contributed by atoms with Gasteiger partial charge in [0.05, 0.1) is 0 Å². The lowest BCUT2D eigenvalue weighted by Gasteiger charge is -1.98. The van der Waals surface area contributed by atoms with Gasteiger partial charge < -0.3 is 15.0 Å². The first kappa shape index (κ1) is 8.88. The van der Waals surface area contributed by atoms with Gasteiger partial charge in [-0.25, -0.2) is 4.68 Å². The smallest absolute Gasteiger partial charge is 0.362 e. The maximum absolute atomic E-state index is 9.96. The second-order valence-electron chi connectivity index (χ2n) is 1.93. The third kappa shape index (κ3) is 1.89. The van der Waals surface area contributed by atoms with E-state index in [2.05, 4.69) is 26.1 Å². The zero-order chi connectivity index (χ0) is 8.97. The summed E-state index contributed by atoms with van der Waals surface area (Å²) in [5.74, 6) is 0.417. The Bertz CT molecular complexity index is 330. The van der Waals surface area contributed by atoms with E-state index < -0.39 is 0 Å². The van der Waals surface area contributed by atoms with Gasteiger partial charge in [-0.15, -0.1) is 0 Å². The second-order valence-corrected chi connectivity index (χ2v) is 2.85. The van der Waals surface area contributed by atoms with Crippen LogP contribution in [0.1, 0.15) is 0 Å². The Balaban J connectivity index is 2.83. The molecule has 0 aromatic carbocycles. The Labute approximate surface area is 78.7 Å². The quantitative estimate of drug-likeness (QED) is 0.476. The highest BCUT2D eigenvalue weighted by atomic mass is 79.9. The Morgan fingerprint density at radius 3 is 3.17 bits per heavy atom. The summed E-state index contributed by atoms with van der Waals surface area (Å²) < 4.78 is 2.24. The molecular formula is C6H4BBrN3O. The van der Waals surface area contributed by atoms with Crippen LogP contribution in [0, 0.1) is 6.57 Å². The summed E-state index contributed by atoms with van der Waals surface area (Å²) >= 11 is 3.21. The van der Waals surface area contributed by atoms with Crippen LogP contribution in [0.4, 0.5) is 5.82 Å². The van der Waals surface area contributed by atoms with Crippen LogP contribution in [-0.2, 0) is 4.79 Å². The highest BCUT2D eigenvalue weighted by Crippen LogP contribution is 2.19. The predicted molar refractivity (Wildman–Crippen MR) is 50.3 cm³/mol. The number of rotatable bonds is 3. The summed E-state index contributed by atoms with van der Waals surface area (Å²) in [6.45, 7) is 6.77. The molecule has 0 bridgehead atoms. The molecular weight excluding hydrogens is 221 g/mol. The molecule has 1 N–H and O–H groups in total. The average Bonchev–Trinajstić information content (AvgIpc) is 2.42. The van der Waals surface area contributed by atoms with Crippen molar-refractivity contribution in [3.63, 3.8) is 0 Å². The van der Waals surface area contributed by atoms with E-state index in [9.17, 15) is 4.79 Å². The van der Waals surface area contributed by atoms with Gasteiger partial charge in [-0.2, -0.15) is 0 Å². The van der Waals surface area contributed by atoms with Gasteiger partial charge in [0.25, 0.3) is 5.82 Å². The fraction of sp³-hybridized carbons (Fsp3) is 0. The molecule has 4 nitrogen and oxygen atoms in total. The number of nitrogens with one attached hydrogen (secondary N) is 1. The Morgan fingerprint density at radius 1 is 1.83 bits per heavy atom. The van der Waals surface area contributed by atoms with Crippen molar-refractivity contribution in [2.45, 2.75) is 0 Å². The highest BCUT2D eigenvalue weighted by Gasteiger charge is 2.04. The molecule has 1 heterocycles. The topological polar surface area (TPSA) is 38.4 Å². The first-order chi connectivity index (χ1) is 5.77. The third-order valence-electron chi connectivity index (χ3n) is 1.16. The van der Waals surface area contributed by atoms with E-state index in [4.69, 9.17) is 6.57 Å². The van der Waals surface area contributed by atoms with Gasteiger partial charge in [0.1, 0.15) is 12.4 Å². The van der Waals surface area contributed by atoms with E-state index >= 15 is 0 Å². The maximum Gasteiger partial charge on any atom is 0.370 e. The van der Waals surface area contributed by atoms with Crippen LogP contribution in [0.15, 0.2) is 16.7 Å². The van der Waals surface area contributed by atoms with Crippen molar-refractivity contribution < 1.29 is 4.79 Å². The van der Waals surface area contributed by atoms with Crippen molar-refractivity contribution in [1.29, 1.82) is 0 Å². The molecule has 0 saturated heterocycles. The summed E-state index contributed by atoms with van der Waals surface area (Å²) in [6.07, 6.45) is 2.27. The summed E-state index contributed by atoms with van der Waals surface area (Å²) in [4.78, 5) is 13.2. The normalized spacial score (nSPS) is 8.67. The van der Waals surface area contributed by atoms with E-state index in [1.165, 1.54) is 12.1 Å². The zero-order valence-electron chi connectivity index (χ0n) is 5.99. The number of hydrogen-bond donors (Lipinski definition) is 1. The Kier molecular flexibility index (Phi) is 2.94. The van der Waals surface area contributed by atoms with Gasteiger partial charge in [-0.3, -0.25) is 0 Å². The number of carbonyl (C=O) groups excluding carboxylic acids is 1. The molecule has 0 amide bonds. The fourth-order valence-corrected chi connectivity index (χ4v) is 1.13. The molecule has 1 aromatic rings. The monoisotopic (exact) mass is 224 g/mol. The fourth-order valence-electron chi connectivity index (χ4n) is 0.720. The molecule has 0 atom stereocenters. The number of carbonyl (C=O) groups is 1. The lowest BCUT2D eigenvalue weighted by molar-refractivity contribution is 0.568.